The highest BCUT2D eigenvalue weighted by Crippen LogP contribution is 2.46. The maximum atomic E-state index is 12.6. The van der Waals surface area contributed by atoms with Crippen molar-refractivity contribution in [1.29, 1.82) is 5.26 Å². The molecule has 0 unspecified atom stereocenters. The molecule has 0 aliphatic rings. The van der Waals surface area contributed by atoms with Crippen molar-refractivity contribution >= 4 is 161 Å². The highest BCUT2D eigenvalue weighted by atomic mass is 32.2. The largest absolute Gasteiger partial charge is 0.494 e. The molecule has 0 saturated carbocycles. The van der Waals surface area contributed by atoms with Crippen LogP contribution in [0.3, 0.4) is 0 Å². The number of hydrogen-bond donors (Lipinski definition) is 8. The van der Waals surface area contributed by atoms with E-state index in [-0.39, 0.29) is 114 Å². The van der Waals surface area contributed by atoms with Crippen LogP contribution in [-0.2, 0) is 60.7 Å². The summed E-state index contributed by atoms with van der Waals surface area (Å²) in [6.45, 7) is 2.60. The quantitative estimate of drug-likeness (QED) is 0.0110. The highest BCUT2D eigenvalue weighted by Gasteiger charge is 2.29. The molecule has 84 heavy (non-hydrogen) atoms. The average molecular weight is 1310 g/mol. The van der Waals surface area contributed by atoms with E-state index >= 15 is 0 Å². The van der Waals surface area contributed by atoms with Crippen molar-refractivity contribution in [2.45, 2.75) is 51.2 Å². The van der Waals surface area contributed by atoms with E-state index in [0.717, 1.165) is 34.4 Å². The lowest BCUT2D eigenvalue weighted by Gasteiger charge is -2.12. The van der Waals surface area contributed by atoms with Gasteiger partial charge in [0.1, 0.15) is 61.0 Å². The number of pyridine rings is 1. The molecule has 0 amide bonds. The molecule has 444 valence electrons. The summed E-state index contributed by atoms with van der Waals surface area (Å²) in [4.78, 5) is 4.87. The third-order valence-corrected chi connectivity index (χ3v) is 18.9. The van der Waals surface area contributed by atoms with Crippen LogP contribution < -0.4 is 15.2 Å². The van der Waals surface area contributed by atoms with Gasteiger partial charge < -0.3 is 20.3 Å². The molecule has 40 heteroatoms. The fraction of sp³-hybridized carbons (Fsp3) is 0.205. The Kier molecular flexibility index (Phi) is 17.2. The van der Waals surface area contributed by atoms with Crippen molar-refractivity contribution in [2.24, 2.45) is 30.7 Å². The first-order valence-electron chi connectivity index (χ1n) is 22.9. The van der Waals surface area contributed by atoms with Crippen LogP contribution in [0.1, 0.15) is 29.5 Å². The normalized spacial score (nSPS) is 13.2. The number of benzene rings is 5. The van der Waals surface area contributed by atoms with E-state index in [1.165, 1.54) is 38.3 Å². The summed E-state index contributed by atoms with van der Waals surface area (Å²) in [5, 5.41) is 45.9. The Bertz CT molecular complexity index is 4970. The van der Waals surface area contributed by atoms with Gasteiger partial charge in [0.25, 0.3) is 60.7 Å². The molecular weight excluding hydrogens is 1280 g/mol. The van der Waals surface area contributed by atoms with Gasteiger partial charge >= 0.3 is 0 Å². The lowest BCUT2D eigenvalue weighted by atomic mass is 10.1. The SMILES string of the molecule is COc1cc(S(=O)(=O)O)cc2c1nc1c(C#N)c(C)c(N=Nc3cc(C)c(N=Nc4cc(N)c(N=Nc5nc6c(S(=O)(=O)O)cc7c(S(=O)(=O)O)cc(S(=O)(=O)O)cc7c6s5)cc4SCCCS(=O)(=O)O)cc3OCCCS(=O)(=O)O)c(O)n12. The first-order chi connectivity index (χ1) is 39.0. The Morgan fingerprint density at radius 2 is 1.27 bits per heavy atom. The number of methoxy groups -OCH3 is 1. The first-order valence-corrected chi connectivity index (χ1v) is 33.7. The van der Waals surface area contributed by atoms with Gasteiger partial charge in [-0.15, -0.1) is 37.3 Å². The number of aromatic nitrogens is 3. The predicted molar refractivity (Wildman–Crippen MR) is 300 cm³/mol. The second-order valence-electron chi connectivity index (χ2n) is 17.6. The van der Waals surface area contributed by atoms with Crippen molar-refractivity contribution < 1.29 is 92.4 Å². The minimum atomic E-state index is -5.33. The van der Waals surface area contributed by atoms with Crippen LogP contribution >= 0.6 is 23.1 Å². The van der Waals surface area contributed by atoms with Gasteiger partial charge in [-0.2, -0.15) is 60.9 Å². The number of thiazole rings is 1. The molecule has 0 atom stereocenters. The van der Waals surface area contributed by atoms with Crippen LogP contribution in [-0.4, -0.2) is 128 Å². The monoisotopic (exact) mass is 1310 g/mol. The Balaban J connectivity index is 1.21. The molecule has 0 radical (unpaired) electrons. The smallest absolute Gasteiger partial charge is 0.296 e. The van der Waals surface area contributed by atoms with Crippen molar-refractivity contribution in [3.05, 3.63) is 71.3 Å². The van der Waals surface area contributed by atoms with Crippen LogP contribution in [0, 0.1) is 25.2 Å². The second kappa shape index (κ2) is 23.2. The van der Waals surface area contributed by atoms with E-state index < -0.39 is 114 Å². The number of nitrogens with two attached hydrogens (primary N) is 1. The summed E-state index contributed by atoms with van der Waals surface area (Å²) >= 11 is 1.48. The Hall–Kier alpha value is -7.50. The molecule has 8 rings (SSSR count). The molecule has 0 saturated heterocycles. The van der Waals surface area contributed by atoms with Gasteiger partial charge in [-0.1, -0.05) is 11.3 Å². The van der Waals surface area contributed by atoms with Crippen LogP contribution in [0.4, 0.5) is 39.3 Å². The molecule has 9 N–H and O–H groups in total. The molecular formula is C44H39N11O21S8. The van der Waals surface area contributed by atoms with Crippen molar-refractivity contribution in [1.82, 2.24) is 14.4 Å². The summed E-state index contributed by atoms with van der Waals surface area (Å²) in [6.07, 6.45) is -0.349. The zero-order valence-electron chi connectivity index (χ0n) is 42.6. The van der Waals surface area contributed by atoms with Gasteiger partial charge in [0.05, 0.1) is 56.6 Å². The van der Waals surface area contributed by atoms with Gasteiger partial charge in [0, 0.05) is 33.4 Å². The molecule has 0 aliphatic heterocycles. The van der Waals surface area contributed by atoms with Crippen LogP contribution in [0.5, 0.6) is 17.4 Å². The molecule has 0 aliphatic carbocycles. The number of anilines is 1. The Morgan fingerprint density at radius 3 is 1.89 bits per heavy atom. The summed E-state index contributed by atoms with van der Waals surface area (Å²) < 4.78 is 215. The number of azo groups is 3. The fourth-order valence-corrected chi connectivity index (χ4v) is 13.6. The summed E-state index contributed by atoms with van der Waals surface area (Å²) in [5.74, 6) is -2.33. The van der Waals surface area contributed by atoms with Gasteiger partial charge in [-0.05, 0) is 80.5 Å². The molecule has 0 spiro atoms. The van der Waals surface area contributed by atoms with Crippen LogP contribution in [0.15, 0.2) is 110 Å². The second-order valence-corrected chi connectivity index (χ2v) is 28.5. The van der Waals surface area contributed by atoms with E-state index in [2.05, 4.69) is 40.7 Å². The van der Waals surface area contributed by atoms with Gasteiger partial charge in [-0.3, -0.25) is 31.7 Å². The summed E-state index contributed by atoms with van der Waals surface area (Å²) in [6, 6.07) is 10.9. The van der Waals surface area contributed by atoms with E-state index in [9.17, 15) is 88.2 Å². The van der Waals surface area contributed by atoms with Crippen molar-refractivity contribution in [2.75, 3.05) is 36.7 Å². The van der Waals surface area contributed by atoms with E-state index in [1.54, 1.807) is 6.92 Å². The number of nitrogen functional groups attached to an aromatic ring is 1. The third kappa shape index (κ3) is 13.7. The van der Waals surface area contributed by atoms with E-state index in [0.29, 0.717) is 29.0 Å². The number of aryl methyl sites for hydroxylation is 1. The molecule has 3 heterocycles. The van der Waals surface area contributed by atoms with Gasteiger partial charge in [0.2, 0.25) is 11.0 Å². The Labute approximate surface area is 482 Å². The van der Waals surface area contributed by atoms with E-state index in [1.807, 2.05) is 6.07 Å². The standard InChI is InChI=1S/C44H39N11O21S8/c1-20-10-30(51-53-38-21(2)26(19-45)42-47-39-32(55(42)43(38)56)12-23(82(66,67)68)13-34(39)75-3)33(76-6-4-8-79(57,58)59)17-28(20)49-52-31-16-27(46)29(18-35(31)77-7-5-9-80(60,61)62)50-54-44-48-40-37(84(72,73)74)15-24-25(41(40)78-44)11-22(81(63,64)65)14-36(24)83(69,70)71/h10-18,56H,4-9,46H2,1-3H3,(H,57,58,59)(H,60,61,62)(H,63,64,65)(H,66,67,68)(H,69,70,71)(H,72,73,74). The minimum absolute atomic E-state index is 0.0111. The topological polar surface area (TPSA) is 519 Å². The molecule has 0 bridgehead atoms. The summed E-state index contributed by atoms with van der Waals surface area (Å²) in [5.41, 5.74) is 5.13. The molecule has 8 aromatic rings. The number of rotatable bonds is 21. The maximum absolute atomic E-state index is 12.6. The third-order valence-electron chi connectivity index (χ3n) is 11.8. The Morgan fingerprint density at radius 1 is 0.655 bits per heavy atom. The average Bonchev–Trinajstić information content (AvgIpc) is 1.52. The molecule has 5 aromatic carbocycles. The van der Waals surface area contributed by atoms with Crippen LogP contribution in [0.2, 0.25) is 0 Å². The molecule has 32 nitrogen and oxygen atoms in total. The molecule has 0 fully saturated rings. The summed E-state index contributed by atoms with van der Waals surface area (Å²) in [7, 11) is -28.2. The number of thioether (sulfide) groups is 1. The van der Waals surface area contributed by atoms with Gasteiger partial charge in [0.15, 0.2) is 11.3 Å². The number of fused-ring (bicyclic) bond motifs is 6. The number of aromatic hydroxyl groups is 1. The van der Waals surface area contributed by atoms with E-state index in [4.69, 9.17) is 15.2 Å². The zero-order chi connectivity index (χ0) is 61.8. The first kappa shape index (κ1) is 62.5. The number of imidazole rings is 1. The van der Waals surface area contributed by atoms with Crippen molar-refractivity contribution in [3.63, 3.8) is 0 Å². The predicted octanol–water partition coefficient (Wildman–Crippen LogP) is 8.30. The van der Waals surface area contributed by atoms with Crippen molar-refractivity contribution in [3.8, 4) is 23.4 Å². The fourth-order valence-electron chi connectivity index (χ4n) is 7.99. The van der Waals surface area contributed by atoms with Crippen LogP contribution in [0.25, 0.3) is 37.7 Å². The lowest BCUT2D eigenvalue weighted by Crippen LogP contribution is -2.08. The lowest BCUT2D eigenvalue weighted by molar-refractivity contribution is 0.317. The number of hydrogen-bond acceptors (Lipinski definition) is 27. The van der Waals surface area contributed by atoms with Gasteiger partial charge in [-0.25, -0.2) is 9.97 Å². The number of ether oxygens (including phenoxy) is 2. The number of nitrogens with zero attached hydrogens (tertiary/aromatic N) is 10. The number of nitriles is 1. The minimum Gasteiger partial charge on any atom is -0.494 e. The zero-order valence-corrected chi connectivity index (χ0v) is 49.1. The maximum Gasteiger partial charge on any atom is 0.296 e. The molecule has 3 aromatic heterocycles. The highest BCUT2D eigenvalue weighted by molar-refractivity contribution is 7.99.